The van der Waals surface area contributed by atoms with Gasteiger partial charge in [-0.15, -0.1) is 0 Å². The summed E-state index contributed by atoms with van der Waals surface area (Å²) >= 11 is 0. The summed E-state index contributed by atoms with van der Waals surface area (Å²) in [5.41, 5.74) is 9.40. The van der Waals surface area contributed by atoms with Gasteiger partial charge in [-0.2, -0.15) is 5.10 Å². The van der Waals surface area contributed by atoms with Crippen LogP contribution in [0.4, 0.5) is 11.5 Å². The number of nitrogen functional groups attached to an aromatic ring is 1. The second-order valence-corrected chi connectivity index (χ2v) is 5.40. The van der Waals surface area contributed by atoms with Crippen molar-refractivity contribution in [3.63, 3.8) is 0 Å². The molecule has 1 aliphatic heterocycles. The Bertz CT molecular complexity index is 588. The van der Waals surface area contributed by atoms with E-state index in [-0.39, 0.29) is 0 Å². The lowest BCUT2D eigenvalue weighted by Crippen LogP contribution is -2.26. The molecule has 20 heavy (non-hydrogen) atoms. The van der Waals surface area contributed by atoms with Crippen LogP contribution in [0.5, 0.6) is 0 Å². The summed E-state index contributed by atoms with van der Waals surface area (Å²) in [6.45, 7) is 6.00. The zero-order chi connectivity index (χ0) is 14.1. The Kier molecular flexibility index (Phi) is 3.38. The molecule has 1 aromatic carbocycles. The maximum atomic E-state index is 6.27. The predicted octanol–water partition coefficient (Wildman–Crippen LogP) is 3.14. The van der Waals surface area contributed by atoms with Crippen LogP contribution in [0.3, 0.4) is 0 Å². The fourth-order valence-corrected chi connectivity index (χ4v) is 3.15. The average molecular weight is 270 g/mol. The van der Waals surface area contributed by atoms with Gasteiger partial charge in [0.15, 0.2) is 5.82 Å². The van der Waals surface area contributed by atoms with Gasteiger partial charge in [-0.25, -0.2) is 4.68 Å². The van der Waals surface area contributed by atoms with Crippen molar-refractivity contribution in [2.75, 3.05) is 17.2 Å². The number of benzene rings is 1. The third kappa shape index (κ3) is 2.05. The highest BCUT2D eigenvalue weighted by molar-refractivity contribution is 5.67. The van der Waals surface area contributed by atoms with E-state index in [2.05, 4.69) is 47.3 Å². The molecule has 106 valence electrons. The Morgan fingerprint density at radius 3 is 2.75 bits per heavy atom. The maximum absolute atomic E-state index is 6.27. The Morgan fingerprint density at radius 1 is 1.30 bits per heavy atom. The number of nitrogens with zero attached hydrogens (tertiary/aromatic N) is 3. The van der Waals surface area contributed by atoms with E-state index in [9.17, 15) is 0 Å². The van der Waals surface area contributed by atoms with E-state index in [0.717, 1.165) is 30.3 Å². The second-order valence-electron chi connectivity index (χ2n) is 5.40. The van der Waals surface area contributed by atoms with E-state index in [1.54, 1.807) is 0 Å². The lowest BCUT2D eigenvalue weighted by Gasteiger charge is -2.28. The molecule has 0 amide bonds. The van der Waals surface area contributed by atoms with Crippen LogP contribution in [0.2, 0.25) is 0 Å². The van der Waals surface area contributed by atoms with E-state index in [0.29, 0.717) is 6.04 Å². The van der Waals surface area contributed by atoms with Crippen molar-refractivity contribution in [2.45, 2.75) is 39.3 Å². The van der Waals surface area contributed by atoms with Crippen LogP contribution in [0, 0.1) is 6.92 Å². The minimum atomic E-state index is 0.417. The first-order valence-electron chi connectivity index (χ1n) is 7.36. The Labute approximate surface area is 120 Å². The van der Waals surface area contributed by atoms with Gasteiger partial charge >= 0.3 is 0 Å². The molecular weight excluding hydrogens is 248 g/mol. The Balaban J connectivity index is 2.01. The van der Waals surface area contributed by atoms with Crippen LogP contribution in [0.1, 0.15) is 37.1 Å². The molecule has 0 saturated carbocycles. The normalized spacial score (nSPS) is 18.7. The fourth-order valence-electron chi connectivity index (χ4n) is 3.15. The smallest absolute Gasteiger partial charge is 0.151 e. The lowest BCUT2D eigenvalue weighted by molar-refractivity contribution is 0.618. The molecule has 3 rings (SSSR count). The molecule has 0 spiro atoms. The molecule has 2 heterocycles. The molecule has 1 fully saturated rings. The van der Waals surface area contributed by atoms with Crippen LogP contribution in [0.15, 0.2) is 30.3 Å². The summed E-state index contributed by atoms with van der Waals surface area (Å²) < 4.78 is 2.03. The van der Waals surface area contributed by atoms with Gasteiger partial charge < -0.3 is 10.6 Å². The summed E-state index contributed by atoms with van der Waals surface area (Å²) in [6, 6.07) is 11.1. The average Bonchev–Trinajstić information content (AvgIpc) is 3.05. The number of anilines is 2. The molecule has 4 nitrogen and oxygen atoms in total. The molecule has 0 bridgehead atoms. The minimum absolute atomic E-state index is 0.417. The van der Waals surface area contributed by atoms with Gasteiger partial charge in [0.2, 0.25) is 0 Å². The highest BCUT2D eigenvalue weighted by Gasteiger charge is 2.30. The van der Waals surface area contributed by atoms with Crippen molar-refractivity contribution in [3.8, 4) is 0 Å². The van der Waals surface area contributed by atoms with Crippen LogP contribution in [-0.2, 0) is 6.54 Å². The Hall–Kier alpha value is -1.97. The summed E-state index contributed by atoms with van der Waals surface area (Å²) in [7, 11) is 0. The zero-order valence-corrected chi connectivity index (χ0v) is 12.2. The first-order chi connectivity index (χ1) is 9.72. The van der Waals surface area contributed by atoms with E-state index >= 15 is 0 Å². The molecule has 0 aliphatic carbocycles. The van der Waals surface area contributed by atoms with Crippen LogP contribution in [-0.4, -0.2) is 16.3 Å². The highest BCUT2D eigenvalue weighted by Crippen LogP contribution is 2.39. The summed E-state index contributed by atoms with van der Waals surface area (Å²) in [6.07, 6.45) is 2.38. The summed E-state index contributed by atoms with van der Waals surface area (Å²) in [5.74, 6) is 1.09. The van der Waals surface area contributed by atoms with E-state index < -0.39 is 0 Å². The van der Waals surface area contributed by atoms with Gasteiger partial charge in [0.05, 0.1) is 17.4 Å². The molecular formula is C16H22N4. The van der Waals surface area contributed by atoms with E-state index in [1.807, 2.05) is 11.6 Å². The quantitative estimate of drug-likeness (QED) is 0.932. The van der Waals surface area contributed by atoms with Crippen molar-refractivity contribution in [1.82, 2.24) is 9.78 Å². The van der Waals surface area contributed by atoms with Crippen molar-refractivity contribution >= 4 is 11.5 Å². The SMILES string of the molecule is CCn1nc(C)c(N)c1N1CCCC1c1ccccc1. The second kappa shape index (κ2) is 5.19. The van der Waals surface area contributed by atoms with Crippen LogP contribution in [0.25, 0.3) is 0 Å². The van der Waals surface area contributed by atoms with Gasteiger partial charge in [0.25, 0.3) is 0 Å². The minimum Gasteiger partial charge on any atom is -0.394 e. The fraction of sp³-hybridized carbons (Fsp3) is 0.438. The van der Waals surface area contributed by atoms with Crippen molar-refractivity contribution in [3.05, 3.63) is 41.6 Å². The number of aryl methyl sites for hydroxylation is 2. The lowest BCUT2D eigenvalue weighted by atomic mass is 10.0. The van der Waals surface area contributed by atoms with Gasteiger partial charge in [-0.05, 0) is 32.3 Å². The largest absolute Gasteiger partial charge is 0.394 e. The van der Waals surface area contributed by atoms with E-state index in [4.69, 9.17) is 5.73 Å². The molecule has 4 heteroatoms. The van der Waals surface area contributed by atoms with Crippen molar-refractivity contribution in [1.29, 1.82) is 0 Å². The van der Waals surface area contributed by atoms with Crippen molar-refractivity contribution < 1.29 is 0 Å². The summed E-state index contributed by atoms with van der Waals surface area (Å²) in [4.78, 5) is 2.42. The van der Waals surface area contributed by atoms with Gasteiger partial charge in [-0.3, -0.25) is 0 Å². The number of nitrogens with two attached hydrogens (primary N) is 1. The van der Waals surface area contributed by atoms with E-state index in [1.165, 1.54) is 18.4 Å². The Morgan fingerprint density at radius 2 is 2.05 bits per heavy atom. The number of hydrogen-bond donors (Lipinski definition) is 1. The number of hydrogen-bond acceptors (Lipinski definition) is 3. The van der Waals surface area contributed by atoms with Gasteiger partial charge in [0, 0.05) is 13.1 Å². The third-order valence-electron chi connectivity index (χ3n) is 4.15. The molecule has 1 unspecified atom stereocenters. The highest BCUT2D eigenvalue weighted by atomic mass is 15.4. The van der Waals surface area contributed by atoms with Crippen LogP contribution >= 0.6 is 0 Å². The van der Waals surface area contributed by atoms with Crippen molar-refractivity contribution in [2.24, 2.45) is 0 Å². The molecule has 0 radical (unpaired) electrons. The standard InChI is InChI=1S/C16H22N4/c1-3-20-16(15(17)12(2)18-20)19-11-7-10-14(19)13-8-5-4-6-9-13/h4-6,8-9,14H,3,7,10-11,17H2,1-2H3. The predicted molar refractivity (Wildman–Crippen MR) is 82.8 cm³/mol. The molecule has 1 aromatic heterocycles. The molecule has 1 atom stereocenters. The first kappa shape index (κ1) is 13.0. The number of rotatable bonds is 3. The van der Waals surface area contributed by atoms with Gasteiger partial charge in [-0.1, -0.05) is 30.3 Å². The topological polar surface area (TPSA) is 47.1 Å². The monoisotopic (exact) mass is 270 g/mol. The third-order valence-corrected chi connectivity index (χ3v) is 4.15. The van der Waals surface area contributed by atoms with Crippen LogP contribution < -0.4 is 10.6 Å². The first-order valence-corrected chi connectivity index (χ1v) is 7.36. The maximum Gasteiger partial charge on any atom is 0.151 e. The molecule has 1 aliphatic rings. The zero-order valence-electron chi connectivity index (χ0n) is 12.2. The summed E-state index contributed by atoms with van der Waals surface area (Å²) in [5, 5.41) is 4.55. The molecule has 1 saturated heterocycles. The molecule has 2 aromatic rings. The molecule has 2 N–H and O–H groups in total. The van der Waals surface area contributed by atoms with Gasteiger partial charge in [0.1, 0.15) is 0 Å². The number of aromatic nitrogens is 2.